The van der Waals surface area contributed by atoms with E-state index >= 15 is 0 Å². The molecule has 0 fully saturated rings. The molecule has 4 aromatic carbocycles. The van der Waals surface area contributed by atoms with Gasteiger partial charge in [-0.05, 0) is 24.3 Å². The van der Waals surface area contributed by atoms with Gasteiger partial charge in [0.05, 0.1) is 72.5 Å². The van der Waals surface area contributed by atoms with Gasteiger partial charge in [-0.2, -0.15) is 52.7 Å². The molecular formula is C39H26F12N8O4+2. The van der Waals surface area contributed by atoms with E-state index in [2.05, 4.69) is 19.9 Å². The van der Waals surface area contributed by atoms with Crippen LogP contribution < -0.4 is 10.6 Å². The maximum atomic E-state index is 13.6. The highest BCUT2D eigenvalue weighted by molar-refractivity contribution is 6.30. The molecule has 0 unspecified atom stereocenters. The Morgan fingerprint density at radius 2 is 0.778 bits per heavy atom. The van der Waals surface area contributed by atoms with Crippen LogP contribution in [-0.2, 0) is 24.7 Å². The number of carbonyl (C=O) groups excluding carboxylic acids is 4. The maximum absolute atomic E-state index is 13.6. The Labute approximate surface area is 343 Å². The molecule has 4 amide bonds. The number of quaternary nitrogens is 2. The molecule has 328 valence electrons. The number of nitrogens with zero attached hydrogens (tertiary/aromatic N) is 6. The first-order valence-corrected chi connectivity index (χ1v) is 18.7. The highest BCUT2D eigenvalue weighted by atomic mass is 19.4. The zero-order chi connectivity index (χ0) is 45.6. The van der Waals surface area contributed by atoms with E-state index in [1.54, 1.807) is 10.6 Å². The van der Waals surface area contributed by atoms with Crippen LogP contribution in [0.1, 0.15) is 70.6 Å². The molecule has 2 aliphatic rings. The summed E-state index contributed by atoms with van der Waals surface area (Å²) in [6.45, 7) is 0.927. The smallest absolute Gasteiger partial charge is 0.345 e. The molecule has 2 aliphatic heterocycles. The van der Waals surface area contributed by atoms with Crippen LogP contribution in [0.3, 0.4) is 0 Å². The molecule has 0 bridgehead atoms. The number of hydrogen-bond donors (Lipinski definition) is 2. The predicted octanol–water partition coefficient (Wildman–Crippen LogP) is 5.36. The Morgan fingerprint density at radius 1 is 0.444 bits per heavy atom. The molecule has 6 aromatic rings. The second kappa shape index (κ2) is 15.1. The average Bonchev–Trinajstić information content (AvgIpc) is 3.20. The minimum atomic E-state index is -5.53. The van der Waals surface area contributed by atoms with Gasteiger partial charge in [0.25, 0.3) is 23.6 Å². The van der Waals surface area contributed by atoms with Crippen LogP contribution >= 0.6 is 0 Å². The van der Waals surface area contributed by atoms with Crippen molar-refractivity contribution in [2.45, 2.75) is 31.1 Å². The molecule has 0 spiro atoms. The third-order valence-electron chi connectivity index (χ3n) is 10.5. The number of carbonyl (C=O) groups is 4. The van der Waals surface area contributed by atoms with Gasteiger partial charge in [0, 0.05) is 39.1 Å². The SMILES string of the molecule is O=C1c2cccc3c2c(cc2nc(C(F)(F)F)c(C(F)(F)F)nc23)C(=O)N1CC[NH2+]CCC[NH2+]CCN1C(=O)c2cccc3c2c(cc2nc(C(F)(F)F)c(C(F)(F)F)nc23)C1=O. The van der Waals surface area contributed by atoms with Gasteiger partial charge in [-0.15, -0.1) is 0 Å². The average molecular weight is 899 g/mol. The van der Waals surface area contributed by atoms with Crippen LogP contribution in [0, 0.1) is 0 Å². The fourth-order valence-electron chi connectivity index (χ4n) is 7.78. The molecule has 8 rings (SSSR count). The third-order valence-corrected chi connectivity index (χ3v) is 10.5. The maximum Gasteiger partial charge on any atom is 0.435 e. The minimum Gasteiger partial charge on any atom is -0.345 e. The number of fused-ring (bicyclic) bond motifs is 4. The van der Waals surface area contributed by atoms with Gasteiger partial charge in [0.2, 0.25) is 0 Å². The Balaban J connectivity index is 0.889. The van der Waals surface area contributed by atoms with Crippen molar-refractivity contribution in [2.75, 3.05) is 39.3 Å². The van der Waals surface area contributed by atoms with Gasteiger partial charge in [-0.1, -0.05) is 24.3 Å². The highest BCUT2D eigenvalue weighted by Crippen LogP contribution is 2.43. The number of hydrogen-bond acceptors (Lipinski definition) is 8. The van der Waals surface area contributed by atoms with Crippen LogP contribution in [0.25, 0.3) is 43.6 Å². The van der Waals surface area contributed by atoms with Crippen LogP contribution in [0.4, 0.5) is 52.7 Å². The van der Waals surface area contributed by atoms with Crippen molar-refractivity contribution in [1.82, 2.24) is 29.7 Å². The number of alkyl halides is 12. The molecule has 4 heterocycles. The quantitative estimate of drug-likeness (QED) is 0.0805. The first kappa shape index (κ1) is 43.1. The van der Waals surface area contributed by atoms with Gasteiger partial charge in [-0.3, -0.25) is 29.0 Å². The second-order valence-electron chi connectivity index (χ2n) is 14.5. The van der Waals surface area contributed by atoms with E-state index in [1.165, 1.54) is 36.4 Å². The molecule has 12 nitrogen and oxygen atoms in total. The van der Waals surface area contributed by atoms with Crippen molar-refractivity contribution in [3.63, 3.8) is 0 Å². The number of amides is 4. The molecule has 0 radical (unpaired) electrons. The largest absolute Gasteiger partial charge is 0.435 e. The van der Waals surface area contributed by atoms with E-state index in [9.17, 15) is 71.9 Å². The molecular weight excluding hydrogens is 872 g/mol. The van der Waals surface area contributed by atoms with Crippen molar-refractivity contribution in [3.05, 3.63) is 93.6 Å². The Bertz CT molecular complexity index is 2750. The van der Waals surface area contributed by atoms with E-state index in [-0.39, 0.29) is 70.0 Å². The lowest BCUT2D eigenvalue weighted by molar-refractivity contribution is -0.679. The third kappa shape index (κ3) is 7.48. The van der Waals surface area contributed by atoms with Crippen LogP contribution in [0.2, 0.25) is 0 Å². The lowest BCUT2D eigenvalue weighted by Crippen LogP contribution is -2.89. The Kier molecular flexibility index (Phi) is 10.3. The highest BCUT2D eigenvalue weighted by Gasteiger charge is 2.48. The summed E-state index contributed by atoms with van der Waals surface area (Å²) in [6, 6.07) is 9.46. The van der Waals surface area contributed by atoms with Crippen molar-refractivity contribution < 1.29 is 82.5 Å². The summed E-state index contributed by atoms with van der Waals surface area (Å²) >= 11 is 0. The van der Waals surface area contributed by atoms with Gasteiger partial charge in [-0.25, -0.2) is 19.9 Å². The molecule has 2 aromatic heterocycles. The normalized spacial score (nSPS) is 15.0. The summed E-state index contributed by atoms with van der Waals surface area (Å²) in [5.74, 6) is -3.35. The van der Waals surface area contributed by atoms with Gasteiger partial charge in [0.15, 0.2) is 22.8 Å². The van der Waals surface area contributed by atoms with Crippen LogP contribution in [-0.4, -0.2) is 92.6 Å². The fourth-order valence-corrected chi connectivity index (χ4v) is 7.78. The zero-order valence-corrected chi connectivity index (χ0v) is 31.6. The van der Waals surface area contributed by atoms with Crippen LogP contribution in [0.15, 0.2) is 48.5 Å². The topological polar surface area (TPSA) is 160 Å². The van der Waals surface area contributed by atoms with Gasteiger partial charge >= 0.3 is 24.7 Å². The van der Waals surface area contributed by atoms with Gasteiger partial charge < -0.3 is 10.6 Å². The molecule has 0 saturated carbocycles. The molecule has 24 heteroatoms. The molecule has 0 aliphatic carbocycles. The second-order valence-corrected chi connectivity index (χ2v) is 14.5. The van der Waals surface area contributed by atoms with E-state index in [0.29, 0.717) is 19.5 Å². The number of rotatable bonds is 10. The number of imide groups is 2. The first-order chi connectivity index (χ1) is 29.5. The summed E-state index contributed by atoms with van der Waals surface area (Å²) in [5, 5.41) is 3.05. The minimum absolute atomic E-state index is 0.0718. The summed E-state index contributed by atoms with van der Waals surface area (Å²) in [6.07, 6.45) is -21.6. The van der Waals surface area contributed by atoms with Gasteiger partial charge in [0.1, 0.15) is 0 Å². The standard InChI is InChI=1S/C39H24F12N8O4/c40-36(41,42)28-30(38(46,47)48)56-26-16-4-1-6-18-24(16)20(14-22(26)54-28)34(62)58(32(18)60)12-10-52-8-3-9-53-11-13-59-33(61)19-7-2-5-17-25(19)21(35(59)63)15-23-27(17)57-31(39(49,50)51)29(55-23)37(43,44)45/h1-2,4-7,14-15,52-53H,3,8-13H2/p+2. The molecule has 0 atom stereocenters. The zero-order valence-electron chi connectivity index (χ0n) is 31.6. The molecule has 63 heavy (non-hydrogen) atoms. The number of nitrogens with two attached hydrogens (primary N) is 2. The summed E-state index contributed by atoms with van der Waals surface area (Å²) in [7, 11) is 0. The van der Waals surface area contributed by atoms with E-state index in [1.807, 2.05) is 0 Å². The number of aromatic nitrogens is 4. The summed E-state index contributed by atoms with van der Waals surface area (Å²) in [5.41, 5.74) is -12.1. The summed E-state index contributed by atoms with van der Waals surface area (Å²) in [4.78, 5) is 68.7. The lowest BCUT2D eigenvalue weighted by Gasteiger charge is -2.27. The number of halogens is 12. The van der Waals surface area contributed by atoms with E-state index in [4.69, 9.17) is 0 Å². The van der Waals surface area contributed by atoms with Crippen molar-refractivity contribution in [2.24, 2.45) is 0 Å². The van der Waals surface area contributed by atoms with Crippen LogP contribution in [0.5, 0.6) is 0 Å². The van der Waals surface area contributed by atoms with Crippen molar-refractivity contribution >= 4 is 67.2 Å². The Morgan fingerprint density at radius 3 is 1.13 bits per heavy atom. The lowest BCUT2D eigenvalue weighted by atomic mass is 9.92. The first-order valence-electron chi connectivity index (χ1n) is 18.7. The fraction of sp³-hybridized carbons (Fsp3) is 0.282. The molecule has 4 N–H and O–H groups in total. The summed E-state index contributed by atoms with van der Waals surface area (Å²) < 4.78 is 164. The Hall–Kier alpha value is -6.56. The monoisotopic (exact) mass is 898 g/mol. The van der Waals surface area contributed by atoms with Crippen molar-refractivity contribution in [1.29, 1.82) is 0 Å². The van der Waals surface area contributed by atoms with E-state index in [0.717, 1.165) is 21.9 Å². The predicted molar refractivity (Wildman–Crippen MR) is 193 cm³/mol. The number of benzene rings is 4. The molecule has 0 saturated heterocycles. The van der Waals surface area contributed by atoms with Crippen molar-refractivity contribution in [3.8, 4) is 0 Å². The van der Waals surface area contributed by atoms with E-state index < -0.39 is 93.2 Å².